The summed E-state index contributed by atoms with van der Waals surface area (Å²) in [5, 5.41) is 2.96. The van der Waals surface area contributed by atoms with Crippen LogP contribution < -0.4 is 14.8 Å². The molecule has 0 saturated carbocycles. The van der Waals surface area contributed by atoms with Gasteiger partial charge in [-0.2, -0.15) is 0 Å². The molecule has 1 aliphatic rings. The Balaban J connectivity index is 1.54. The number of hydrogen-bond acceptors (Lipinski definition) is 4. The average Bonchev–Trinajstić information content (AvgIpc) is 3.05. The van der Waals surface area contributed by atoms with Gasteiger partial charge in [-0.05, 0) is 47.4 Å². The number of nitrogens with zero attached hydrogens (tertiary/aromatic N) is 1. The minimum Gasteiger partial charge on any atom is -0.497 e. The number of carbonyl (C=O) groups is 2. The summed E-state index contributed by atoms with van der Waals surface area (Å²) < 4.78 is 10.7. The predicted octanol–water partition coefficient (Wildman–Crippen LogP) is 3.80. The van der Waals surface area contributed by atoms with E-state index < -0.39 is 0 Å². The number of hydrogen-bond donors (Lipinski definition) is 1. The number of methoxy groups -OCH3 is 2. The normalized spacial score (nSPS) is 16.0. The molecule has 0 aliphatic carbocycles. The summed E-state index contributed by atoms with van der Waals surface area (Å²) in [7, 11) is 3.20. The van der Waals surface area contributed by atoms with Crippen molar-refractivity contribution in [3.63, 3.8) is 0 Å². The lowest BCUT2D eigenvalue weighted by Crippen LogP contribution is -2.37. The quantitative estimate of drug-likeness (QED) is 0.628. The lowest BCUT2D eigenvalue weighted by atomic mass is 9.95. The number of para-hydroxylation sites is 1. The van der Waals surface area contributed by atoms with Gasteiger partial charge in [0.1, 0.15) is 11.5 Å². The summed E-state index contributed by atoms with van der Waals surface area (Å²) in [6.07, 6.45) is 0.541. The van der Waals surface area contributed by atoms with Gasteiger partial charge in [0.15, 0.2) is 0 Å². The van der Waals surface area contributed by atoms with Crippen LogP contribution in [0.5, 0.6) is 11.5 Å². The molecule has 1 atom stereocenters. The summed E-state index contributed by atoms with van der Waals surface area (Å²) in [6, 6.07) is 23.2. The number of amides is 2. The van der Waals surface area contributed by atoms with Gasteiger partial charge in [0.05, 0.1) is 25.7 Å². The molecular weight excluding hydrogens is 416 g/mol. The summed E-state index contributed by atoms with van der Waals surface area (Å²) in [5.74, 6) is 0.836. The molecule has 1 heterocycles. The first kappa shape index (κ1) is 22.4. The van der Waals surface area contributed by atoms with Crippen LogP contribution in [0.3, 0.4) is 0 Å². The van der Waals surface area contributed by atoms with Crippen LogP contribution in [0.15, 0.2) is 72.8 Å². The maximum atomic E-state index is 13.2. The van der Waals surface area contributed by atoms with Crippen molar-refractivity contribution in [3.8, 4) is 22.6 Å². The molecule has 0 radical (unpaired) electrons. The molecule has 0 aromatic heterocycles. The molecule has 0 unspecified atom stereocenters. The SMILES string of the molecule is COc1cccc(-c2cccc(C[C@H]3CN(C(=O)c4ccccc4OC)CCNC3=O)c2)c1. The Morgan fingerprint density at radius 1 is 0.970 bits per heavy atom. The van der Waals surface area contributed by atoms with E-state index in [2.05, 4.69) is 11.4 Å². The molecule has 1 fully saturated rings. The van der Waals surface area contributed by atoms with E-state index in [0.717, 1.165) is 22.4 Å². The summed E-state index contributed by atoms with van der Waals surface area (Å²) in [5.41, 5.74) is 3.66. The van der Waals surface area contributed by atoms with Crippen LogP contribution in [0.4, 0.5) is 0 Å². The van der Waals surface area contributed by atoms with Gasteiger partial charge in [-0.15, -0.1) is 0 Å². The molecule has 33 heavy (non-hydrogen) atoms. The van der Waals surface area contributed by atoms with Crippen LogP contribution >= 0.6 is 0 Å². The number of benzene rings is 3. The highest BCUT2D eigenvalue weighted by Crippen LogP contribution is 2.26. The van der Waals surface area contributed by atoms with Crippen LogP contribution in [-0.4, -0.2) is 50.6 Å². The van der Waals surface area contributed by atoms with E-state index in [9.17, 15) is 9.59 Å². The smallest absolute Gasteiger partial charge is 0.257 e. The van der Waals surface area contributed by atoms with Gasteiger partial charge >= 0.3 is 0 Å². The molecule has 1 aliphatic heterocycles. The fourth-order valence-corrected chi connectivity index (χ4v) is 4.20. The third kappa shape index (κ3) is 5.17. The number of nitrogens with one attached hydrogen (secondary N) is 1. The fourth-order valence-electron chi connectivity index (χ4n) is 4.20. The maximum absolute atomic E-state index is 13.2. The van der Waals surface area contributed by atoms with Gasteiger partial charge in [0.2, 0.25) is 5.91 Å². The van der Waals surface area contributed by atoms with Gasteiger partial charge in [0, 0.05) is 19.6 Å². The highest BCUT2D eigenvalue weighted by Gasteiger charge is 2.29. The molecular formula is C27H28N2O4. The van der Waals surface area contributed by atoms with Crippen LogP contribution in [0, 0.1) is 5.92 Å². The Hall–Kier alpha value is -3.80. The second-order valence-electron chi connectivity index (χ2n) is 8.08. The molecule has 6 heteroatoms. The third-order valence-corrected chi connectivity index (χ3v) is 5.93. The van der Waals surface area contributed by atoms with Crippen LogP contribution in [0.2, 0.25) is 0 Å². The summed E-state index contributed by atoms with van der Waals surface area (Å²) in [4.78, 5) is 27.8. The standard InChI is InChI=1S/C27H28N2O4/c1-32-23-10-6-9-21(17-23)20-8-5-7-19(15-20)16-22-18-29(14-13-28-26(22)30)27(31)24-11-3-4-12-25(24)33-2/h3-12,15,17,22H,13-14,16,18H2,1-2H3,(H,28,30)/t22-/m0/s1. The van der Waals surface area contributed by atoms with Crippen molar-refractivity contribution < 1.29 is 19.1 Å². The van der Waals surface area contributed by atoms with Crippen LogP contribution in [0.1, 0.15) is 15.9 Å². The Kier molecular flexibility index (Phi) is 6.93. The maximum Gasteiger partial charge on any atom is 0.257 e. The highest BCUT2D eigenvalue weighted by molar-refractivity contribution is 5.97. The minimum atomic E-state index is -0.341. The number of carbonyl (C=O) groups excluding carboxylic acids is 2. The van der Waals surface area contributed by atoms with Gasteiger partial charge in [-0.25, -0.2) is 0 Å². The van der Waals surface area contributed by atoms with E-state index in [1.807, 2.05) is 54.6 Å². The largest absolute Gasteiger partial charge is 0.497 e. The molecule has 0 bridgehead atoms. The summed E-state index contributed by atoms with van der Waals surface area (Å²) >= 11 is 0. The average molecular weight is 445 g/mol. The Bertz CT molecular complexity index is 1140. The van der Waals surface area contributed by atoms with Gasteiger partial charge in [0.25, 0.3) is 5.91 Å². The summed E-state index contributed by atoms with van der Waals surface area (Å²) in [6.45, 7) is 1.25. The van der Waals surface area contributed by atoms with E-state index in [4.69, 9.17) is 9.47 Å². The van der Waals surface area contributed by atoms with E-state index in [0.29, 0.717) is 37.4 Å². The Morgan fingerprint density at radius 2 is 1.73 bits per heavy atom. The molecule has 4 rings (SSSR count). The number of ether oxygens (including phenoxy) is 2. The minimum absolute atomic E-state index is 0.0305. The van der Waals surface area contributed by atoms with Crippen molar-refractivity contribution in [3.05, 3.63) is 83.9 Å². The first-order chi connectivity index (χ1) is 16.1. The molecule has 170 valence electrons. The molecule has 0 spiro atoms. The third-order valence-electron chi connectivity index (χ3n) is 5.93. The molecule has 1 saturated heterocycles. The zero-order chi connectivity index (χ0) is 23.2. The van der Waals surface area contributed by atoms with Crippen molar-refractivity contribution in [1.29, 1.82) is 0 Å². The second kappa shape index (κ2) is 10.2. The highest BCUT2D eigenvalue weighted by atomic mass is 16.5. The number of rotatable bonds is 6. The van der Waals surface area contributed by atoms with Crippen LogP contribution in [-0.2, 0) is 11.2 Å². The first-order valence-electron chi connectivity index (χ1n) is 11.0. The Labute approximate surface area is 194 Å². The second-order valence-corrected chi connectivity index (χ2v) is 8.08. The monoisotopic (exact) mass is 444 g/mol. The van der Waals surface area contributed by atoms with Crippen LogP contribution in [0.25, 0.3) is 11.1 Å². The molecule has 1 N–H and O–H groups in total. The zero-order valence-electron chi connectivity index (χ0n) is 18.9. The van der Waals surface area contributed by atoms with Gasteiger partial charge in [-0.1, -0.05) is 48.5 Å². The van der Waals surface area contributed by atoms with E-state index >= 15 is 0 Å². The van der Waals surface area contributed by atoms with Crippen molar-refractivity contribution in [2.45, 2.75) is 6.42 Å². The molecule has 3 aromatic rings. The predicted molar refractivity (Wildman–Crippen MR) is 128 cm³/mol. The zero-order valence-corrected chi connectivity index (χ0v) is 18.9. The van der Waals surface area contributed by atoms with E-state index in [1.54, 1.807) is 31.3 Å². The van der Waals surface area contributed by atoms with Crippen molar-refractivity contribution in [1.82, 2.24) is 10.2 Å². The molecule has 2 amide bonds. The van der Waals surface area contributed by atoms with E-state index in [1.165, 1.54) is 0 Å². The van der Waals surface area contributed by atoms with Crippen molar-refractivity contribution in [2.24, 2.45) is 5.92 Å². The van der Waals surface area contributed by atoms with Crippen molar-refractivity contribution >= 4 is 11.8 Å². The van der Waals surface area contributed by atoms with Crippen molar-refractivity contribution in [2.75, 3.05) is 33.9 Å². The lowest BCUT2D eigenvalue weighted by Gasteiger charge is -2.24. The fraction of sp³-hybridized carbons (Fsp3) is 0.259. The topological polar surface area (TPSA) is 67.9 Å². The van der Waals surface area contributed by atoms with Gasteiger partial charge in [-0.3, -0.25) is 9.59 Å². The first-order valence-corrected chi connectivity index (χ1v) is 11.0. The van der Waals surface area contributed by atoms with E-state index in [-0.39, 0.29) is 17.7 Å². The molecule has 6 nitrogen and oxygen atoms in total. The molecule has 3 aromatic carbocycles. The van der Waals surface area contributed by atoms with Gasteiger partial charge < -0.3 is 19.7 Å². The lowest BCUT2D eigenvalue weighted by molar-refractivity contribution is -0.124. The Morgan fingerprint density at radius 3 is 2.52 bits per heavy atom.